The normalized spacial score (nSPS) is 15.1. The van der Waals surface area contributed by atoms with E-state index < -0.39 is 5.97 Å². The Balaban J connectivity index is 2.32. The van der Waals surface area contributed by atoms with Gasteiger partial charge in [-0.3, -0.25) is 0 Å². The predicted octanol–water partition coefficient (Wildman–Crippen LogP) is 1.54. The molecule has 1 saturated carbocycles. The first-order valence-electron chi connectivity index (χ1n) is 4.58. The molecule has 0 radical (unpaired) electrons. The minimum atomic E-state index is -1.05. The van der Waals surface area contributed by atoms with Crippen LogP contribution in [0.2, 0.25) is 0 Å². The number of nitrogens with zero attached hydrogens (tertiary/aromatic N) is 3. The van der Waals surface area contributed by atoms with Crippen LogP contribution in [-0.4, -0.2) is 34.1 Å². The van der Waals surface area contributed by atoms with Gasteiger partial charge in [0.25, 0.3) is 0 Å². The lowest BCUT2D eigenvalue weighted by Crippen LogP contribution is -2.23. The summed E-state index contributed by atoms with van der Waals surface area (Å²) in [6, 6.07) is 0.466. The Morgan fingerprint density at radius 3 is 2.87 bits per heavy atom. The third-order valence-electron chi connectivity index (χ3n) is 2.34. The van der Waals surface area contributed by atoms with Gasteiger partial charge in [-0.1, -0.05) is 0 Å². The molecule has 80 valence electrons. The lowest BCUT2D eigenvalue weighted by molar-refractivity contribution is 0.0689. The monoisotopic (exact) mass is 271 g/mol. The Bertz CT molecular complexity index is 406. The molecule has 1 aromatic rings. The van der Waals surface area contributed by atoms with Crippen LogP contribution in [0.4, 0.5) is 5.95 Å². The number of aromatic carboxylic acids is 1. The van der Waals surface area contributed by atoms with Crippen LogP contribution in [-0.2, 0) is 0 Å². The summed E-state index contributed by atoms with van der Waals surface area (Å²) in [4.78, 5) is 20.8. The quantitative estimate of drug-likeness (QED) is 0.904. The summed E-state index contributed by atoms with van der Waals surface area (Å²) in [5.74, 6) is -0.576. The molecule has 5 nitrogen and oxygen atoms in total. The van der Waals surface area contributed by atoms with Gasteiger partial charge in [0.05, 0.1) is 4.47 Å². The number of rotatable bonds is 3. The maximum Gasteiger partial charge on any atom is 0.355 e. The minimum Gasteiger partial charge on any atom is -0.476 e. The first-order valence-corrected chi connectivity index (χ1v) is 5.37. The largest absolute Gasteiger partial charge is 0.476 e. The molecule has 1 aliphatic rings. The van der Waals surface area contributed by atoms with Gasteiger partial charge in [0.15, 0.2) is 5.69 Å². The van der Waals surface area contributed by atoms with Crippen LogP contribution in [0.5, 0.6) is 0 Å². The van der Waals surface area contributed by atoms with E-state index in [1.165, 1.54) is 6.20 Å². The number of aromatic nitrogens is 2. The van der Waals surface area contributed by atoms with Crippen molar-refractivity contribution in [1.82, 2.24) is 9.97 Å². The fourth-order valence-corrected chi connectivity index (χ4v) is 1.66. The van der Waals surface area contributed by atoms with E-state index in [1.54, 1.807) is 0 Å². The van der Waals surface area contributed by atoms with E-state index in [4.69, 9.17) is 5.11 Å². The van der Waals surface area contributed by atoms with Gasteiger partial charge >= 0.3 is 5.97 Å². The molecule has 0 aromatic carbocycles. The molecule has 0 amide bonds. The highest BCUT2D eigenvalue weighted by Crippen LogP contribution is 2.28. The summed E-state index contributed by atoms with van der Waals surface area (Å²) in [6.07, 6.45) is 3.72. The van der Waals surface area contributed by atoms with E-state index in [0.29, 0.717) is 16.5 Å². The molecule has 6 heteroatoms. The molecule has 0 spiro atoms. The summed E-state index contributed by atoms with van der Waals surface area (Å²) >= 11 is 3.11. The summed E-state index contributed by atoms with van der Waals surface area (Å²) in [5, 5.41) is 8.89. The highest BCUT2D eigenvalue weighted by molar-refractivity contribution is 9.10. The van der Waals surface area contributed by atoms with Crippen molar-refractivity contribution < 1.29 is 9.90 Å². The minimum absolute atomic E-state index is 0.00694. The van der Waals surface area contributed by atoms with Crippen molar-refractivity contribution in [2.45, 2.75) is 18.9 Å². The SMILES string of the molecule is CN(c1ncc(Br)c(C(=O)O)n1)C1CC1. The third-order valence-corrected chi connectivity index (χ3v) is 2.92. The molecule has 0 unspecified atom stereocenters. The van der Waals surface area contributed by atoms with Crippen molar-refractivity contribution in [3.63, 3.8) is 0 Å². The summed E-state index contributed by atoms with van der Waals surface area (Å²) in [7, 11) is 1.88. The number of carbonyl (C=O) groups is 1. The molecular weight excluding hydrogens is 262 g/mol. The molecule has 0 aliphatic heterocycles. The number of halogens is 1. The van der Waals surface area contributed by atoms with Gasteiger partial charge in [0.2, 0.25) is 5.95 Å². The second-order valence-corrected chi connectivity index (χ2v) is 4.37. The van der Waals surface area contributed by atoms with E-state index in [-0.39, 0.29) is 5.69 Å². The lowest BCUT2D eigenvalue weighted by Gasteiger charge is -2.16. The van der Waals surface area contributed by atoms with Crippen molar-refractivity contribution in [2.75, 3.05) is 11.9 Å². The van der Waals surface area contributed by atoms with Crippen LogP contribution in [0.3, 0.4) is 0 Å². The van der Waals surface area contributed by atoms with Crippen LogP contribution in [0.1, 0.15) is 23.3 Å². The van der Waals surface area contributed by atoms with Crippen LogP contribution in [0, 0.1) is 0 Å². The van der Waals surface area contributed by atoms with E-state index in [1.807, 2.05) is 11.9 Å². The first kappa shape index (κ1) is 10.4. The zero-order valence-corrected chi connectivity index (χ0v) is 9.73. The molecule has 2 rings (SSSR count). The smallest absolute Gasteiger partial charge is 0.355 e. The number of carboxylic acids is 1. The molecule has 0 bridgehead atoms. The Morgan fingerprint density at radius 2 is 2.33 bits per heavy atom. The van der Waals surface area contributed by atoms with E-state index >= 15 is 0 Å². The van der Waals surface area contributed by atoms with Crippen molar-refractivity contribution in [3.05, 3.63) is 16.4 Å². The Labute approximate surface area is 95.3 Å². The van der Waals surface area contributed by atoms with Crippen LogP contribution in [0.25, 0.3) is 0 Å². The topological polar surface area (TPSA) is 66.3 Å². The van der Waals surface area contributed by atoms with Crippen molar-refractivity contribution >= 4 is 27.8 Å². The van der Waals surface area contributed by atoms with Gasteiger partial charge in [-0.2, -0.15) is 0 Å². The summed E-state index contributed by atoms with van der Waals surface area (Å²) in [5.41, 5.74) is 0.00694. The lowest BCUT2D eigenvalue weighted by atomic mass is 10.4. The first-order chi connectivity index (χ1) is 7.09. The highest BCUT2D eigenvalue weighted by atomic mass is 79.9. The van der Waals surface area contributed by atoms with Crippen molar-refractivity contribution in [1.29, 1.82) is 0 Å². The van der Waals surface area contributed by atoms with Crippen LogP contribution < -0.4 is 4.90 Å². The van der Waals surface area contributed by atoms with E-state index in [0.717, 1.165) is 12.8 Å². The molecule has 1 heterocycles. The fourth-order valence-electron chi connectivity index (χ4n) is 1.30. The summed E-state index contributed by atoms with van der Waals surface area (Å²) in [6.45, 7) is 0. The van der Waals surface area contributed by atoms with Gasteiger partial charge in [0.1, 0.15) is 0 Å². The van der Waals surface area contributed by atoms with Gasteiger partial charge in [0, 0.05) is 19.3 Å². The Morgan fingerprint density at radius 1 is 1.67 bits per heavy atom. The van der Waals surface area contributed by atoms with Gasteiger partial charge < -0.3 is 10.0 Å². The molecule has 15 heavy (non-hydrogen) atoms. The molecule has 0 atom stereocenters. The number of carboxylic acid groups (broad SMARTS) is 1. The highest BCUT2D eigenvalue weighted by Gasteiger charge is 2.28. The summed E-state index contributed by atoms with van der Waals surface area (Å²) < 4.78 is 0.406. The van der Waals surface area contributed by atoms with Crippen molar-refractivity contribution in [2.24, 2.45) is 0 Å². The third kappa shape index (κ3) is 2.09. The van der Waals surface area contributed by atoms with E-state index in [2.05, 4.69) is 25.9 Å². The maximum atomic E-state index is 10.8. The molecule has 1 aromatic heterocycles. The van der Waals surface area contributed by atoms with E-state index in [9.17, 15) is 4.79 Å². The van der Waals surface area contributed by atoms with Crippen LogP contribution in [0.15, 0.2) is 10.7 Å². The zero-order chi connectivity index (χ0) is 11.0. The molecule has 1 aliphatic carbocycles. The Hall–Kier alpha value is -1.17. The standard InChI is InChI=1S/C9H10BrN3O2/c1-13(5-2-3-5)9-11-4-6(10)7(12-9)8(14)15/h4-5H,2-3H2,1H3,(H,14,15). The van der Waals surface area contributed by atoms with Gasteiger partial charge in [-0.05, 0) is 28.8 Å². The van der Waals surface area contributed by atoms with Gasteiger partial charge in [-0.15, -0.1) is 0 Å². The molecule has 1 N–H and O–H groups in total. The molecule has 0 saturated heterocycles. The average Bonchev–Trinajstić information content (AvgIpc) is 3.00. The number of hydrogen-bond acceptors (Lipinski definition) is 4. The zero-order valence-electron chi connectivity index (χ0n) is 8.14. The second-order valence-electron chi connectivity index (χ2n) is 3.51. The van der Waals surface area contributed by atoms with Crippen molar-refractivity contribution in [3.8, 4) is 0 Å². The molecule has 1 fully saturated rings. The Kier molecular flexibility index (Phi) is 2.60. The second kappa shape index (κ2) is 3.77. The number of hydrogen-bond donors (Lipinski definition) is 1. The van der Waals surface area contributed by atoms with Crippen LogP contribution >= 0.6 is 15.9 Å². The number of anilines is 1. The predicted molar refractivity (Wildman–Crippen MR) is 58.1 cm³/mol. The maximum absolute atomic E-state index is 10.8. The molecular formula is C9H10BrN3O2. The van der Waals surface area contributed by atoms with Gasteiger partial charge in [-0.25, -0.2) is 14.8 Å². The fraction of sp³-hybridized carbons (Fsp3) is 0.444. The average molecular weight is 272 g/mol.